The van der Waals surface area contributed by atoms with Gasteiger partial charge in [0.05, 0.1) is 6.42 Å². The van der Waals surface area contributed by atoms with Gasteiger partial charge in [0, 0.05) is 37.7 Å². The van der Waals surface area contributed by atoms with Gasteiger partial charge in [0.25, 0.3) is 0 Å². The summed E-state index contributed by atoms with van der Waals surface area (Å²) in [5.41, 5.74) is 0.959. The van der Waals surface area contributed by atoms with Crippen LogP contribution in [-0.4, -0.2) is 61.5 Å². The molecule has 0 atom stereocenters. The Bertz CT molecular complexity index is 473. The second kappa shape index (κ2) is 9.13. The Hall–Kier alpha value is -1.10. The molecular weight excluding hydrogens is 298 g/mol. The standard InChI is InChI=1S/C17H26ClN3O/c1-2-20-9-11-21(12-10-20)8-4-7-19-17(22)14-15-5-3-6-16(18)13-15/h3,5-6,13H,2,4,7-12,14H2,1H3,(H,19,22). The molecule has 0 bridgehead atoms. The number of halogens is 1. The van der Waals surface area contributed by atoms with Crippen LogP contribution in [-0.2, 0) is 11.2 Å². The van der Waals surface area contributed by atoms with Gasteiger partial charge >= 0.3 is 0 Å². The summed E-state index contributed by atoms with van der Waals surface area (Å²) < 4.78 is 0. The fourth-order valence-corrected chi connectivity index (χ4v) is 2.97. The maximum absolute atomic E-state index is 11.9. The smallest absolute Gasteiger partial charge is 0.224 e. The van der Waals surface area contributed by atoms with Crippen molar-refractivity contribution in [3.05, 3.63) is 34.9 Å². The summed E-state index contributed by atoms with van der Waals surface area (Å²) in [4.78, 5) is 16.8. The highest BCUT2D eigenvalue weighted by molar-refractivity contribution is 6.30. The Balaban J connectivity index is 1.58. The molecule has 0 saturated carbocycles. The lowest BCUT2D eigenvalue weighted by atomic mass is 10.1. The first-order valence-corrected chi connectivity index (χ1v) is 8.51. The number of benzene rings is 1. The molecule has 1 N–H and O–H groups in total. The third kappa shape index (κ3) is 5.95. The fraction of sp³-hybridized carbons (Fsp3) is 0.588. The van der Waals surface area contributed by atoms with Crippen molar-refractivity contribution >= 4 is 17.5 Å². The van der Waals surface area contributed by atoms with Crippen molar-refractivity contribution < 1.29 is 4.79 Å². The first kappa shape index (κ1) is 17.3. The first-order chi connectivity index (χ1) is 10.7. The van der Waals surface area contributed by atoms with Gasteiger partial charge in [-0.2, -0.15) is 0 Å². The van der Waals surface area contributed by atoms with Crippen molar-refractivity contribution in [3.63, 3.8) is 0 Å². The van der Waals surface area contributed by atoms with E-state index in [2.05, 4.69) is 22.0 Å². The zero-order valence-electron chi connectivity index (χ0n) is 13.4. The van der Waals surface area contributed by atoms with Crippen LogP contribution in [0.25, 0.3) is 0 Å². The van der Waals surface area contributed by atoms with E-state index in [-0.39, 0.29) is 5.91 Å². The van der Waals surface area contributed by atoms with Crippen molar-refractivity contribution in [3.8, 4) is 0 Å². The van der Waals surface area contributed by atoms with Gasteiger partial charge in [0.2, 0.25) is 5.91 Å². The predicted molar refractivity (Wildman–Crippen MR) is 91.3 cm³/mol. The quantitative estimate of drug-likeness (QED) is 0.780. The lowest BCUT2D eigenvalue weighted by molar-refractivity contribution is -0.120. The summed E-state index contributed by atoms with van der Waals surface area (Å²) in [7, 11) is 0. The van der Waals surface area contributed by atoms with E-state index in [1.807, 2.05) is 24.3 Å². The predicted octanol–water partition coefficient (Wildman–Crippen LogP) is 2.03. The average molecular weight is 324 g/mol. The van der Waals surface area contributed by atoms with Crippen LogP contribution in [0.4, 0.5) is 0 Å². The van der Waals surface area contributed by atoms with Crippen molar-refractivity contribution in [2.75, 3.05) is 45.8 Å². The van der Waals surface area contributed by atoms with Crippen LogP contribution in [0.2, 0.25) is 5.02 Å². The maximum Gasteiger partial charge on any atom is 0.224 e. The Morgan fingerprint density at radius 1 is 1.23 bits per heavy atom. The van der Waals surface area contributed by atoms with Crippen molar-refractivity contribution in [1.82, 2.24) is 15.1 Å². The van der Waals surface area contributed by atoms with E-state index in [0.29, 0.717) is 11.4 Å². The van der Waals surface area contributed by atoms with Gasteiger partial charge < -0.3 is 15.1 Å². The Kier molecular flexibility index (Phi) is 7.16. The molecule has 0 aliphatic carbocycles. The SMILES string of the molecule is CCN1CCN(CCCNC(=O)Cc2cccc(Cl)c2)CC1. The van der Waals surface area contributed by atoms with Gasteiger partial charge in [-0.3, -0.25) is 4.79 Å². The normalized spacial score (nSPS) is 16.6. The van der Waals surface area contributed by atoms with Crippen LogP contribution in [0, 0.1) is 0 Å². The number of nitrogens with zero attached hydrogens (tertiary/aromatic N) is 2. The Labute approximate surface area is 138 Å². The van der Waals surface area contributed by atoms with Crippen LogP contribution in [0.3, 0.4) is 0 Å². The lowest BCUT2D eigenvalue weighted by Crippen LogP contribution is -2.46. The molecule has 1 aliphatic rings. The number of hydrogen-bond donors (Lipinski definition) is 1. The van der Waals surface area contributed by atoms with Crippen LogP contribution in [0.1, 0.15) is 18.9 Å². The zero-order valence-corrected chi connectivity index (χ0v) is 14.1. The van der Waals surface area contributed by atoms with Gasteiger partial charge in [-0.1, -0.05) is 30.7 Å². The summed E-state index contributed by atoms with van der Waals surface area (Å²) in [6.07, 6.45) is 1.41. The molecule has 22 heavy (non-hydrogen) atoms. The van der Waals surface area contributed by atoms with Crippen molar-refractivity contribution in [2.45, 2.75) is 19.8 Å². The molecule has 1 fully saturated rings. The third-order valence-corrected chi connectivity index (χ3v) is 4.37. The lowest BCUT2D eigenvalue weighted by Gasteiger charge is -2.33. The van der Waals surface area contributed by atoms with Gasteiger partial charge in [-0.25, -0.2) is 0 Å². The summed E-state index contributed by atoms with van der Waals surface area (Å²) in [6.45, 7) is 9.78. The number of piperazine rings is 1. The monoisotopic (exact) mass is 323 g/mol. The third-order valence-electron chi connectivity index (χ3n) is 4.14. The van der Waals surface area contributed by atoms with E-state index in [1.54, 1.807) is 0 Å². The number of likely N-dealkylation sites (N-methyl/N-ethyl adjacent to an activating group) is 1. The molecular formula is C17H26ClN3O. The van der Waals surface area contributed by atoms with E-state index in [9.17, 15) is 4.79 Å². The highest BCUT2D eigenvalue weighted by Gasteiger charge is 2.14. The first-order valence-electron chi connectivity index (χ1n) is 8.13. The molecule has 4 nitrogen and oxygen atoms in total. The van der Waals surface area contributed by atoms with E-state index in [0.717, 1.165) is 57.8 Å². The zero-order chi connectivity index (χ0) is 15.8. The number of nitrogens with one attached hydrogen (secondary N) is 1. The molecule has 2 rings (SSSR count). The highest BCUT2D eigenvalue weighted by Crippen LogP contribution is 2.11. The summed E-state index contributed by atoms with van der Waals surface area (Å²) >= 11 is 5.92. The second-order valence-electron chi connectivity index (χ2n) is 5.79. The average Bonchev–Trinajstić information content (AvgIpc) is 2.52. The fourth-order valence-electron chi connectivity index (χ4n) is 2.75. The van der Waals surface area contributed by atoms with Crippen LogP contribution >= 0.6 is 11.6 Å². The molecule has 1 aromatic rings. The van der Waals surface area contributed by atoms with Crippen LogP contribution in [0.15, 0.2) is 24.3 Å². The van der Waals surface area contributed by atoms with Gasteiger partial charge in [-0.05, 0) is 37.2 Å². The molecule has 1 aromatic carbocycles. The number of carbonyl (C=O) groups is 1. The molecule has 1 amide bonds. The molecule has 1 aliphatic heterocycles. The van der Waals surface area contributed by atoms with Crippen LogP contribution in [0.5, 0.6) is 0 Å². The largest absolute Gasteiger partial charge is 0.356 e. The summed E-state index contributed by atoms with van der Waals surface area (Å²) in [6, 6.07) is 7.47. The minimum absolute atomic E-state index is 0.0677. The Morgan fingerprint density at radius 2 is 1.95 bits per heavy atom. The number of carbonyl (C=O) groups excluding carboxylic acids is 1. The van der Waals surface area contributed by atoms with E-state index in [1.165, 1.54) is 0 Å². The molecule has 0 radical (unpaired) electrons. The summed E-state index contributed by atoms with van der Waals surface area (Å²) in [5, 5.41) is 3.67. The molecule has 0 aromatic heterocycles. The molecule has 5 heteroatoms. The van der Waals surface area contributed by atoms with Gasteiger partial charge in [0.15, 0.2) is 0 Å². The number of amides is 1. The molecule has 0 unspecified atom stereocenters. The Morgan fingerprint density at radius 3 is 2.64 bits per heavy atom. The topological polar surface area (TPSA) is 35.6 Å². The summed E-state index contributed by atoms with van der Waals surface area (Å²) in [5.74, 6) is 0.0677. The highest BCUT2D eigenvalue weighted by atomic mass is 35.5. The van der Waals surface area contributed by atoms with Gasteiger partial charge in [-0.15, -0.1) is 0 Å². The molecule has 122 valence electrons. The maximum atomic E-state index is 11.9. The van der Waals surface area contributed by atoms with Crippen molar-refractivity contribution in [1.29, 1.82) is 0 Å². The minimum Gasteiger partial charge on any atom is -0.356 e. The van der Waals surface area contributed by atoms with E-state index < -0.39 is 0 Å². The molecule has 0 spiro atoms. The van der Waals surface area contributed by atoms with Crippen molar-refractivity contribution in [2.24, 2.45) is 0 Å². The number of hydrogen-bond acceptors (Lipinski definition) is 3. The molecule has 1 saturated heterocycles. The molecule has 1 heterocycles. The number of rotatable bonds is 7. The van der Waals surface area contributed by atoms with E-state index in [4.69, 9.17) is 11.6 Å². The van der Waals surface area contributed by atoms with Crippen LogP contribution < -0.4 is 5.32 Å². The van der Waals surface area contributed by atoms with Gasteiger partial charge in [0.1, 0.15) is 0 Å². The minimum atomic E-state index is 0.0677. The van der Waals surface area contributed by atoms with E-state index >= 15 is 0 Å². The second-order valence-corrected chi connectivity index (χ2v) is 6.22.